The molecule has 4 fully saturated rings. The monoisotopic (exact) mass is 279 g/mol. The van der Waals surface area contributed by atoms with Crippen molar-refractivity contribution in [2.45, 2.75) is 69.1 Å². The third-order valence-corrected chi connectivity index (χ3v) is 6.83. The second-order valence-corrected chi connectivity index (χ2v) is 7.84. The molecule has 4 nitrogen and oxygen atoms in total. The zero-order valence-corrected chi connectivity index (χ0v) is 12.3. The van der Waals surface area contributed by atoms with Crippen LogP contribution >= 0.6 is 0 Å². The van der Waals surface area contributed by atoms with Crippen LogP contribution < -0.4 is 0 Å². The Morgan fingerprint density at radius 1 is 1.20 bits per heavy atom. The van der Waals surface area contributed by atoms with Crippen LogP contribution in [0.25, 0.3) is 0 Å². The van der Waals surface area contributed by atoms with E-state index in [9.17, 15) is 15.0 Å². The molecule has 0 aromatic carbocycles. The highest BCUT2D eigenvalue weighted by atomic mass is 16.3. The van der Waals surface area contributed by atoms with Crippen molar-refractivity contribution in [2.24, 2.45) is 11.3 Å². The summed E-state index contributed by atoms with van der Waals surface area (Å²) in [5.41, 5.74) is -1.49. The number of hydrogen-bond acceptors (Lipinski definition) is 4. The van der Waals surface area contributed by atoms with Crippen LogP contribution in [0.15, 0.2) is 0 Å². The SMILES string of the molecule is C[C@]1(O)C[C@H]2CC(=O)[C@@]34CCCN3CCC[C@]24[C@@H](O)C1. The Morgan fingerprint density at radius 3 is 2.65 bits per heavy atom. The highest BCUT2D eigenvalue weighted by molar-refractivity contribution is 5.93. The highest BCUT2D eigenvalue weighted by Crippen LogP contribution is 2.66. The molecule has 0 aromatic heterocycles. The van der Waals surface area contributed by atoms with Crippen molar-refractivity contribution in [3.63, 3.8) is 0 Å². The number of carbonyl (C=O) groups is 1. The number of aliphatic hydroxyl groups is 2. The van der Waals surface area contributed by atoms with Crippen LogP contribution in [0.2, 0.25) is 0 Å². The summed E-state index contributed by atoms with van der Waals surface area (Å²) in [7, 11) is 0. The van der Waals surface area contributed by atoms with Gasteiger partial charge in [0.15, 0.2) is 5.78 Å². The van der Waals surface area contributed by atoms with E-state index in [1.54, 1.807) is 0 Å². The fraction of sp³-hybridized carbons (Fsp3) is 0.938. The molecule has 20 heavy (non-hydrogen) atoms. The van der Waals surface area contributed by atoms with Gasteiger partial charge in [-0.15, -0.1) is 0 Å². The Hall–Kier alpha value is -0.450. The molecule has 112 valence electrons. The largest absolute Gasteiger partial charge is 0.392 e. The van der Waals surface area contributed by atoms with E-state index in [2.05, 4.69) is 4.90 Å². The molecule has 2 saturated carbocycles. The Balaban J connectivity index is 1.85. The molecule has 4 rings (SSSR count). The van der Waals surface area contributed by atoms with Gasteiger partial charge in [0.1, 0.15) is 0 Å². The molecule has 0 aromatic rings. The molecule has 4 aliphatic rings. The van der Waals surface area contributed by atoms with Crippen molar-refractivity contribution in [1.82, 2.24) is 4.90 Å². The second kappa shape index (κ2) is 3.84. The average Bonchev–Trinajstić information content (AvgIpc) is 2.88. The summed E-state index contributed by atoms with van der Waals surface area (Å²) >= 11 is 0. The first kappa shape index (κ1) is 13.2. The Kier molecular flexibility index (Phi) is 2.54. The standard InChI is InChI=1S/C16H25NO3/c1-14(20)9-11-8-12(18)16-5-3-7-17(16)6-2-4-15(11,16)13(19)10-14/h11,13,19-20H,2-10H2,1H3/t11-,13+,14+,15-,16-/m1/s1. The lowest BCUT2D eigenvalue weighted by atomic mass is 9.52. The summed E-state index contributed by atoms with van der Waals surface area (Å²) in [5.74, 6) is 0.506. The third-order valence-electron chi connectivity index (χ3n) is 6.83. The van der Waals surface area contributed by atoms with Crippen molar-refractivity contribution in [2.75, 3.05) is 13.1 Å². The zero-order chi connectivity index (χ0) is 14.2. The molecule has 2 aliphatic heterocycles. The predicted octanol–water partition coefficient (Wildman–Crippen LogP) is 1.10. The van der Waals surface area contributed by atoms with Crippen LogP contribution in [0.5, 0.6) is 0 Å². The van der Waals surface area contributed by atoms with Gasteiger partial charge in [-0.05, 0) is 58.0 Å². The van der Waals surface area contributed by atoms with Gasteiger partial charge in [0.05, 0.1) is 17.2 Å². The summed E-state index contributed by atoms with van der Waals surface area (Å²) in [6.07, 6.45) is 5.14. The quantitative estimate of drug-likeness (QED) is 0.697. The van der Waals surface area contributed by atoms with Gasteiger partial charge in [-0.3, -0.25) is 9.69 Å². The summed E-state index contributed by atoms with van der Waals surface area (Å²) in [6, 6.07) is 0. The number of hydrogen-bond donors (Lipinski definition) is 2. The number of rotatable bonds is 0. The molecule has 2 aliphatic carbocycles. The van der Waals surface area contributed by atoms with Crippen molar-refractivity contribution >= 4 is 5.78 Å². The molecule has 5 atom stereocenters. The molecule has 2 heterocycles. The van der Waals surface area contributed by atoms with Crippen LogP contribution in [0.3, 0.4) is 0 Å². The topological polar surface area (TPSA) is 60.8 Å². The second-order valence-electron chi connectivity index (χ2n) is 7.84. The molecule has 0 radical (unpaired) electrons. The first-order valence-corrected chi connectivity index (χ1v) is 8.11. The number of aliphatic hydroxyl groups excluding tert-OH is 1. The van der Waals surface area contributed by atoms with Gasteiger partial charge in [0.25, 0.3) is 0 Å². The van der Waals surface area contributed by atoms with Gasteiger partial charge in [-0.2, -0.15) is 0 Å². The lowest BCUT2D eigenvalue weighted by Crippen LogP contribution is -2.68. The van der Waals surface area contributed by atoms with E-state index in [0.717, 1.165) is 38.8 Å². The van der Waals surface area contributed by atoms with Gasteiger partial charge in [-0.1, -0.05) is 0 Å². The van der Waals surface area contributed by atoms with Gasteiger partial charge in [0, 0.05) is 18.3 Å². The number of carbonyl (C=O) groups excluding carboxylic acids is 1. The molecular weight excluding hydrogens is 254 g/mol. The molecule has 2 saturated heterocycles. The lowest BCUT2D eigenvalue weighted by molar-refractivity contribution is -0.185. The maximum absolute atomic E-state index is 12.9. The van der Waals surface area contributed by atoms with E-state index in [1.807, 2.05) is 6.92 Å². The summed E-state index contributed by atoms with van der Waals surface area (Å²) in [4.78, 5) is 15.3. The van der Waals surface area contributed by atoms with E-state index >= 15 is 0 Å². The highest BCUT2D eigenvalue weighted by Gasteiger charge is 2.73. The first-order chi connectivity index (χ1) is 9.42. The lowest BCUT2D eigenvalue weighted by Gasteiger charge is -2.59. The Labute approximate surface area is 120 Å². The summed E-state index contributed by atoms with van der Waals surface area (Å²) < 4.78 is 0. The van der Waals surface area contributed by atoms with Gasteiger partial charge in [0.2, 0.25) is 0 Å². The van der Waals surface area contributed by atoms with Gasteiger partial charge in [-0.25, -0.2) is 0 Å². The summed E-state index contributed by atoms with van der Waals surface area (Å²) in [5, 5.41) is 21.3. The van der Waals surface area contributed by atoms with E-state index in [-0.39, 0.29) is 11.3 Å². The minimum absolute atomic E-state index is 0.162. The molecule has 2 spiro atoms. The first-order valence-electron chi connectivity index (χ1n) is 8.11. The van der Waals surface area contributed by atoms with Crippen LogP contribution in [-0.4, -0.2) is 51.2 Å². The minimum atomic E-state index is -0.817. The molecule has 0 bridgehead atoms. The Bertz CT molecular complexity index is 463. The van der Waals surface area contributed by atoms with Crippen LogP contribution in [-0.2, 0) is 4.79 Å². The van der Waals surface area contributed by atoms with Crippen LogP contribution in [0.1, 0.15) is 51.9 Å². The van der Waals surface area contributed by atoms with E-state index in [4.69, 9.17) is 0 Å². The van der Waals surface area contributed by atoms with Crippen molar-refractivity contribution in [1.29, 1.82) is 0 Å². The number of Topliss-reactive ketones (excluding diaryl/α,β-unsaturated/α-hetero) is 1. The van der Waals surface area contributed by atoms with Crippen molar-refractivity contribution in [3.05, 3.63) is 0 Å². The molecule has 4 heteroatoms. The average molecular weight is 279 g/mol. The zero-order valence-electron chi connectivity index (χ0n) is 12.3. The molecule has 2 N–H and O–H groups in total. The molecule has 0 unspecified atom stereocenters. The fourth-order valence-electron chi connectivity index (χ4n) is 6.35. The third kappa shape index (κ3) is 1.31. The van der Waals surface area contributed by atoms with E-state index < -0.39 is 17.2 Å². The van der Waals surface area contributed by atoms with Gasteiger partial charge >= 0.3 is 0 Å². The normalized spacial score (nSPS) is 55.5. The molecular formula is C16H25NO3. The van der Waals surface area contributed by atoms with Gasteiger partial charge < -0.3 is 10.2 Å². The summed E-state index contributed by atoms with van der Waals surface area (Å²) in [6.45, 7) is 3.82. The number of piperidine rings is 1. The van der Waals surface area contributed by atoms with E-state index in [0.29, 0.717) is 25.0 Å². The maximum Gasteiger partial charge on any atom is 0.154 e. The van der Waals surface area contributed by atoms with Crippen molar-refractivity contribution < 1.29 is 15.0 Å². The number of ketones is 1. The number of nitrogens with zero attached hydrogens (tertiary/aromatic N) is 1. The smallest absolute Gasteiger partial charge is 0.154 e. The van der Waals surface area contributed by atoms with Crippen molar-refractivity contribution in [3.8, 4) is 0 Å². The maximum atomic E-state index is 12.9. The Morgan fingerprint density at radius 2 is 1.90 bits per heavy atom. The van der Waals surface area contributed by atoms with Crippen LogP contribution in [0.4, 0.5) is 0 Å². The predicted molar refractivity (Wildman–Crippen MR) is 74.2 cm³/mol. The molecule has 0 amide bonds. The van der Waals surface area contributed by atoms with E-state index in [1.165, 1.54) is 0 Å². The minimum Gasteiger partial charge on any atom is -0.392 e. The fourth-order valence-corrected chi connectivity index (χ4v) is 6.35. The van der Waals surface area contributed by atoms with Crippen LogP contribution in [0, 0.1) is 11.3 Å².